The lowest BCUT2D eigenvalue weighted by atomic mass is 9.97. The van der Waals surface area contributed by atoms with Gasteiger partial charge in [-0.05, 0) is 63.9 Å². The Morgan fingerprint density at radius 3 is 2.14 bits per heavy atom. The summed E-state index contributed by atoms with van der Waals surface area (Å²) < 4.78 is 72.0. The van der Waals surface area contributed by atoms with E-state index in [0.29, 0.717) is 39.6 Å². The molecule has 51 heavy (non-hydrogen) atoms. The summed E-state index contributed by atoms with van der Waals surface area (Å²) in [6, 6.07) is 23.8. The SMILES string of the molecule is COc1ccc(CNS(=O)(=O)c2c(S(=O)(=O)NCCN)ccc(-c3cccc(-c4nc[nH]n4)c3)c2-c2nnn(Cc3ccc(OC)cc3)n2)cc1. The maximum atomic E-state index is 14.5. The predicted octanol–water partition coefficient (Wildman–Crippen LogP) is 2.57. The smallest absolute Gasteiger partial charge is 0.242 e. The van der Waals surface area contributed by atoms with E-state index in [0.717, 1.165) is 5.56 Å². The van der Waals surface area contributed by atoms with Crippen molar-refractivity contribution in [2.24, 2.45) is 5.73 Å². The number of aromatic amines is 1. The second-order valence-electron chi connectivity index (χ2n) is 11.1. The van der Waals surface area contributed by atoms with Crippen molar-refractivity contribution < 1.29 is 26.3 Å². The molecule has 2 aromatic heterocycles. The van der Waals surface area contributed by atoms with Crippen molar-refractivity contribution in [3.63, 3.8) is 0 Å². The van der Waals surface area contributed by atoms with Crippen LogP contribution in [0.3, 0.4) is 0 Å². The summed E-state index contributed by atoms with van der Waals surface area (Å²) in [5, 5.41) is 19.9. The highest BCUT2D eigenvalue weighted by Crippen LogP contribution is 2.40. The van der Waals surface area contributed by atoms with Crippen LogP contribution in [0.4, 0.5) is 0 Å². The number of sulfonamides is 2. The number of nitrogens with one attached hydrogen (secondary N) is 3. The zero-order chi connectivity index (χ0) is 36.0. The van der Waals surface area contributed by atoms with E-state index in [1.165, 1.54) is 30.4 Å². The van der Waals surface area contributed by atoms with Crippen LogP contribution in [0.5, 0.6) is 11.5 Å². The summed E-state index contributed by atoms with van der Waals surface area (Å²) in [5.41, 5.74) is 8.41. The average Bonchev–Trinajstić information content (AvgIpc) is 3.87. The van der Waals surface area contributed by atoms with Crippen molar-refractivity contribution in [2.75, 3.05) is 27.3 Å². The topological polar surface area (TPSA) is 222 Å². The minimum Gasteiger partial charge on any atom is -0.497 e. The van der Waals surface area contributed by atoms with Gasteiger partial charge < -0.3 is 15.2 Å². The van der Waals surface area contributed by atoms with Crippen LogP contribution < -0.4 is 24.7 Å². The fourth-order valence-corrected chi connectivity index (χ4v) is 8.35. The Labute approximate surface area is 294 Å². The largest absolute Gasteiger partial charge is 0.497 e. The number of benzene rings is 4. The minimum atomic E-state index is -4.63. The maximum Gasteiger partial charge on any atom is 0.242 e. The van der Waals surface area contributed by atoms with Gasteiger partial charge in [0.25, 0.3) is 0 Å². The Kier molecular flexibility index (Phi) is 10.5. The van der Waals surface area contributed by atoms with Gasteiger partial charge in [-0.25, -0.2) is 31.3 Å². The Hall–Kier alpha value is -5.53. The van der Waals surface area contributed by atoms with Gasteiger partial charge in [-0.3, -0.25) is 5.10 Å². The molecule has 0 aliphatic carbocycles. The lowest BCUT2D eigenvalue weighted by Gasteiger charge is -2.19. The number of ether oxygens (including phenoxy) is 2. The molecule has 0 fully saturated rings. The lowest BCUT2D eigenvalue weighted by Crippen LogP contribution is -2.32. The standard InChI is InChI=1S/C33H34N10O6S2/c1-48-26-10-6-22(7-11-26)19-38-51(46,47)31-29(50(44,45)37-17-16-34)15-14-28(24-4-3-5-25(18-24)32-35-21-36-39-32)30(31)33-40-42-43(41-33)20-23-8-12-27(49-2)13-9-23/h3-15,18,21,37-38H,16-17,19-20,34H2,1-2H3,(H,35,36,39). The summed E-state index contributed by atoms with van der Waals surface area (Å²) in [4.78, 5) is 4.43. The van der Waals surface area contributed by atoms with Gasteiger partial charge in [0.1, 0.15) is 27.6 Å². The number of methoxy groups -OCH3 is 2. The number of rotatable bonds is 15. The molecule has 5 N–H and O–H groups in total. The molecule has 0 aliphatic heterocycles. The summed E-state index contributed by atoms with van der Waals surface area (Å²) in [6.45, 7) is -0.130. The normalized spacial score (nSPS) is 11.8. The highest BCUT2D eigenvalue weighted by Gasteiger charge is 2.34. The molecule has 2 heterocycles. The second-order valence-corrected chi connectivity index (χ2v) is 14.5. The van der Waals surface area contributed by atoms with Crippen molar-refractivity contribution in [3.8, 4) is 45.4 Å². The molecule has 264 valence electrons. The van der Waals surface area contributed by atoms with Crippen LogP contribution in [0.2, 0.25) is 0 Å². The third-order valence-electron chi connectivity index (χ3n) is 7.75. The van der Waals surface area contributed by atoms with Crippen molar-refractivity contribution in [2.45, 2.75) is 22.9 Å². The summed E-state index contributed by atoms with van der Waals surface area (Å²) in [6.07, 6.45) is 1.44. The molecular formula is C33H34N10O6S2. The quantitative estimate of drug-likeness (QED) is 0.120. The minimum absolute atomic E-state index is 0.0166. The maximum absolute atomic E-state index is 14.5. The van der Waals surface area contributed by atoms with Crippen LogP contribution in [0.15, 0.2) is 101 Å². The van der Waals surface area contributed by atoms with Crippen molar-refractivity contribution in [1.29, 1.82) is 0 Å². The number of nitrogens with two attached hydrogens (primary N) is 1. The van der Waals surface area contributed by atoms with E-state index in [9.17, 15) is 16.8 Å². The summed E-state index contributed by atoms with van der Waals surface area (Å²) in [7, 11) is -5.97. The van der Waals surface area contributed by atoms with E-state index in [1.807, 2.05) is 12.1 Å². The zero-order valence-corrected chi connectivity index (χ0v) is 29.1. The molecule has 0 atom stereocenters. The molecule has 0 saturated carbocycles. The van der Waals surface area contributed by atoms with Gasteiger partial charge in [-0.15, -0.1) is 10.2 Å². The monoisotopic (exact) mass is 730 g/mol. The molecule has 18 heteroatoms. The summed E-state index contributed by atoms with van der Waals surface area (Å²) in [5.74, 6) is 1.54. The molecule has 6 aromatic rings. The molecule has 0 unspecified atom stereocenters. The third-order valence-corrected chi connectivity index (χ3v) is 10.9. The highest BCUT2D eigenvalue weighted by molar-refractivity contribution is 7.92. The summed E-state index contributed by atoms with van der Waals surface area (Å²) >= 11 is 0. The average molecular weight is 731 g/mol. The van der Waals surface area contributed by atoms with E-state index >= 15 is 0 Å². The van der Waals surface area contributed by atoms with E-state index in [-0.39, 0.29) is 37.6 Å². The van der Waals surface area contributed by atoms with Crippen LogP contribution in [0.1, 0.15) is 11.1 Å². The van der Waals surface area contributed by atoms with Crippen LogP contribution in [0.25, 0.3) is 33.9 Å². The molecule has 0 spiro atoms. The van der Waals surface area contributed by atoms with Gasteiger partial charge in [0.15, 0.2) is 5.82 Å². The fraction of sp³-hybridized carbons (Fsp3) is 0.182. The number of H-pyrrole nitrogens is 1. The number of tetrazole rings is 1. The first kappa shape index (κ1) is 35.3. The van der Waals surface area contributed by atoms with E-state index in [4.69, 9.17) is 15.2 Å². The molecule has 0 saturated heterocycles. The number of hydrogen-bond donors (Lipinski definition) is 4. The van der Waals surface area contributed by atoms with E-state index in [2.05, 4.69) is 40.0 Å². The van der Waals surface area contributed by atoms with Crippen molar-refractivity contribution >= 4 is 20.0 Å². The third kappa shape index (κ3) is 7.95. The number of nitrogens with zero attached hydrogens (tertiary/aromatic N) is 6. The van der Waals surface area contributed by atoms with Gasteiger partial charge in [-0.1, -0.05) is 48.5 Å². The van der Waals surface area contributed by atoms with Gasteiger partial charge >= 0.3 is 0 Å². The Balaban J connectivity index is 1.54. The fourth-order valence-electron chi connectivity index (χ4n) is 5.25. The van der Waals surface area contributed by atoms with E-state index in [1.54, 1.807) is 67.8 Å². The van der Waals surface area contributed by atoms with Crippen LogP contribution >= 0.6 is 0 Å². The van der Waals surface area contributed by atoms with Crippen LogP contribution in [0, 0.1) is 0 Å². The van der Waals surface area contributed by atoms with Crippen molar-refractivity contribution in [3.05, 3.63) is 102 Å². The highest BCUT2D eigenvalue weighted by atomic mass is 32.2. The van der Waals surface area contributed by atoms with Crippen LogP contribution in [-0.4, -0.2) is 79.5 Å². The van der Waals surface area contributed by atoms with Gasteiger partial charge in [0, 0.05) is 25.2 Å². The molecule has 16 nitrogen and oxygen atoms in total. The molecule has 0 aliphatic rings. The molecule has 4 aromatic carbocycles. The van der Waals surface area contributed by atoms with Gasteiger partial charge in [0.2, 0.25) is 25.9 Å². The zero-order valence-electron chi connectivity index (χ0n) is 27.5. The molecular weight excluding hydrogens is 697 g/mol. The number of aromatic nitrogens is 7. The Morgan fingerprint density at radius 2 is 1.49 bits per heavy atom. The van der Waals surface area contributed by atoms with Gasteiger partial charge in [0.05, 0.1) is 26.3 Å². The first-order valence-electron chi connectivity index (χ1n) is 15.5. The second kappa shape index (κ2) is 15.2. The first-order valence-corrected chi connectivity index (χ1v) is 18.5. The molecule has 0 bridgehead atoms. The lowest BCUT2D eigenvalue weighted by molar-refractivity contribution is 0.414. The van der Waals surface area contributed by atoms with Crippen molar-refractivity contribution in [1.82, 2.24) is 44.8 Å². The predicted molar refractivity (Wildman–Crippen MR) is 187 cm³/mol. The van der Waals surface area contributed by atoms with Gasteiger partial charge in [-0.2, -0.15) is 9.90 Å². The molecule has 0 radical (unpaired) electrons. The van der Waals surface area contributed by atoms with Crippen LogP contribution in [-0.2, 0) is 33.1 Å². The number of hydrogen-bond acceptors (Lipinski definition) is 12. The first-order chi connectivity index (χ1) is 24.6. The Morgan fingerprint density at radius 1 is 0.804 bits per heavy atom. The van der Waals surface area contributed by atoms with E-state index < -0.39 is 29.8 Å². The Bertz CT molecular complexity index is 2330. The molecule has 6 rings (SSSR count). The molecule has 0 amide bonds.